The third-order valence-corrected chi connectivity index (χ3v) is 6.72. The standard InChI is InChI=1S/C19H19F2N3OS/c20-11-1-2-16(15(21)9-11)24-18-13-7-10(13)8-14(18)17(23-24)19(25)22-12-3-5-26-6-4-12/h1-2,9-10,12-13H,3-8H2,(H,22,25)/t10-,13-/m1/s1. The Morgan fingerprint density at radius 3 is 2.85 bits per heavy atom. The summed E-state index contributed by atoms with van der Waals surface area (Å²) in [5.74, 6) is 1.55. The summed E-state index contributed by atoms with van der Waals surface area (Å²) in [6.07, 6.45) is 3.82. The first-order valence-electron chi connectivity index (χ1n) is 9.07. The maximum atomic E-state index is 14.3. The molecule has 1 saturated heterocycles. The summed E-state index contributed by atoms with van der Waals surface area (Å²) in [6, 6.07) is 3.67. The maximum absolute atomic E-state index is 14.3. The van der Waals surface area contributed by atoms with Crippen LogP contribution in [0.4, 0.5) is 8.78 Å². The molecule has 0 bridgehead atoms. The van der Waals surface area contributed by atoms with Crippen molar-refractivity contribution in [3.8, 4) is 5.69 Å². The van der Waals surface area contributed by atoms with E-state index in [0.717, 1.165) is 54.5 Å². The lowest BCUT2D eigenvalue weighted by atomic mass is 10.1. The summed E-state index contributed by atoms with van der Waals surface area (Å²) in [6.45, 7) is 0. The number of fused-ring (bicyclic) bond motifs is 3. The predicted molar refractivity (Wildman–Crippen MR) is 95.8 cm³/mol. The Balaban J connectivity index is 1.51. The van der Waals surface area contributed by atoms with Crippen LogP contribution in [0.15, 0.2) is 18.2 Å². The van der Waals surface area contributed by atoms with Crippen molar-refractivity contribution in [1.29, 1.82) is 0 Å². The van der Waals surface area contributed by atoms with Crippen molar-refractivity contribution in [2.24, 2.45) is 5.92 Å². The average molecular weight is 375 g/mol. The predicted octanol–water partition coefficient (Wildman–Crippen LogP) is 3.44. The van der Waals surface area contributed by atoms with E-state index in [9.17, 15) is 13.6 Å². The second-order valence-corrected chi connectivity index (χ2v) is 8.61. The van der Waals surface area contributed by atoms with Crippen molar-refractivity contribution < 1.29 is 13.6 Å². The molecule has 7 heteroatoms. The van der Waals surface area contributed by atoms with Crippen molar-refractivity contribution in [3.05, 3.63) is 46.8 Å². The Hall–Kier alpha value is -1.89. The highest BCUT2D eigenvalue weighted by molar-refractivity contribution is 7.99. The minimum atomic E-state index is -0.657. The zero-order valence-electron chi connectivity index (χ0n) is 14.2. The number of aromatic nitrogens is 2. The number of thioether (sulfide) groups is 1. The van der Waals surface area contributed by atoms with Gasteiger partial charge in [0, 0.05) is 23.6 Å². The molecule has 1 amide bonds. The van der Waals surface area contributed by atoms with E-state index >= 15 is 0 Å². The Morgan fingerprint density at radius 2 is 2.08 bits per heavy atom. The summed E-state index contributed by atoms with van der Waals surface area (Å²) in [7, 11) is 0. The summed E-state index contributed by atoms with van der Waals surface area (Å²) in [5, 5.41) is 7.57. The van der Waals surface area contributed by atoms with Gasteiger partial charge in [0.2, 0.25) is 0 Å². The zero-order chi connectivity index (χ0) is 17.8. The number of hydrogen-bond donors (Lipinski definition) is 1. The maximum Gasteiger partial charge on any atom is 0.272 e. The lowest BCUT2D eigenvalue weighted by Crippen LogP contribution is -2.38. The van der Waals surface area contributed by atoms with Gasteiger partial charge < -0.3 is 5.32 Å². The molecule has 26 heavy (non-hydrogen) atoms. The lowest BCUT2D eigenvalue weighted by molar-refractivity contribution is 0.0928. The second kappa shape index (κ2) is 6.08. The van der Waals surface area contributed by atoms with Gasteiger partial charge in [0.25, 0.3) is 5.91 Å². The lowest BCUT2D eigenvalue weighted by Gasteiger charge is -2.22. The molecule has 2 heterocycles. The molecule has 0 spiro atoms. The largest absolute Gasteiger partial charge is 0.348 e. The van der Waals surface area contributed by atoms with Gasteiger partial charge in [0.1, 0.15) is 11.5 Å². The molecule has 1 saturated carbocycles. The molecule has 0 unspecified atom stereocenters. The molecule has 2 aliphatic carbocycles. The number of hydrogen-bond acceptors (Lipinski definition) is 3. The average Bonchev–Trinajstić information content (AvgIpc) is 3.12. The van der Waals surface area contributed by atoms with Crippen molar-refractivity contribution >= 4 is 17.7 Å². The molecule has 5 rings (SSSR count). The number of halogens is 2. The summed E-state index contributed by atoms with van der Waals surface area (Å²) in [5.41, 5.74) is 2.50. The van der Waals surface area contributed by atoms with Gasteiger partial charge in [-0.15, -0.1) is 0 Å². The third-order valence-electron chi connectivity index (χ3n) is 5.67. The van der Waals surface area contributed by atoms with Crippen molar-refractivity contribution in [3.63, 3.8) is 0 Å². The number of carbonyl (C=O) groups is 1. The highest BCUT2D eigenvalue weighted by Crippen LogP contribution is 2.57. The van der Waals surface area contributed by atoms with Crippen molar-refractivity contribution in [1.82, 2.24) is 15.1 Å². The van der Waals surface area contributed by atoms with Gasteiger partial charge in [0.15, 0.2) is 11.5 Å². The molecule has 1 N–H and O–H groups in total. The van der Waals surface area contributed by atoms with E-state index < -0.39 is 11.6 Å². The number of carbonyl (C=O) groups excluding carboxylic acids is 1. The topological polar surface area (TPSA) is 46.9 Å². The molecule has 3 aliphatic rings. The molecule has 1 aromatic carbocycles. The van der Waals surface area contributed by atoms with E-state index in [1.165, 1.54) is 16.8 Å². The Morgan fingerprint density at radius 1 is 1.27 bits per heavy atom. The van der Waals surface area contributed by atoms with Crippen LogP contribution in [-0.4, -0.2) is 33.2 Å². The molecular formula is C19H19F2N3OS. The van der Waals surface area contributed by atoms with E-state index in [0.29, 0.717) is 17.5 Å². The quantitative estimate of drug-likeness (QED) is 0.894. The van der Waals surface area contributed by atoms with Crippen LogP contribution in [0, 0.1) is 17.6 Å². The molecule has 1 aromatic heterocycles. The van der Waals surface area contributed by atoms with E-state index in [1.54, 1.807) is 0 Å². The van der Waals surface area contributed by atoms with Gasteiger partial charge in [-0.25, -0.2) is 13.5 Å². The van der Waals surface area contributed by atoms with Gasteiger partial charge in [-0.3, -0.25) is 4.79 Å². The highest BCUT2D eigenvalue weighted by Gasteiger charge is 2.50. The Labute approximate surface area is 154 Å². The van der Waals surface area contributed by atoms with Crippen molar-refractivity contribution in [2.45, 2.75) is 37.6 Å². The summed E-state index contributed by atoms with van der Waals surface area (Å²) < 4.78 is 29.1. The molecule has 1 aliphatic heterocycles. The monoisotopic (exact) mass is 375 g/mol. The van der Waals surface area contributed by atoms with E-state index in [1.807, 2.05) is 11.8 Å². The molecule has 2 fully saturated rings. The molecule has 0 radical (unpaired) electrons. The van der Waals surface area contributed by atoms with Crippen molar-refractivity contribution in [2.75, 3.05) is 11.5 Å². The minimum Gasteiger partial charge on any atom is -0.348 e. The van der Waals surface area contributed by atoms with E-state index in [2.05, 4.69) is 10.4 Å². The number of amides is 1. The number of nitrogens with zero attached hydrogens (tertiary/aromatic N) is 2. The van der Waals surface area contributed by atoms with Crippen LogP contribution in [0.5, 0.6) is 0 Å². The van der Waals surface area contributed by atoms with E-state index in [4.69, 9.17) is 0 Å². The van der Waals surface area contributed by atoms with Crippen LogP contribution in [-0.2, 0) is 6.42 Å². The van der Waals surface area contributed by atoms with Crippen LogP contribution < -0.4 is 5.32 Å². The number of rotatable bonds is 3. The van der Waals surface area contributed by atoms with Gasteiger partial charge in [0.05, 0.1) is 5.69 Å². The molecular weight excluding hydrogens is 356 g/mol. The zero-order valence-corrected chi connectivity index (χ0v) is 15.0. The smallest absolute Gasteiger partial charge is 0.272 e. The first-order chi connectivity index (χ1) is 12.6. The molecule has 2 aromatic rings. The number of nitrogens with one attached hydrogen (secondary N) is 1. The second-order valence-electron chi connectivity index (χ2n) is 7.39. The van der Waals surface area contributed by atoms with Crippen LogP contribution in [0.2, 0.25) is 0 Å². The van der Waals surface area contributed by atoms with Gasteiger partial charge >= 0.3 is 0 Å². The fourth-order valence-corrected chi connectivity index (χ4v) is 5.34. The van der Waals surface area contributed by atoms with Crippen LogP contribution in [0.3, 0.4) is 0 Å². The normalized spacial score (nSPS) is 24.2. The summed E-state index contributed by atoms with van der Waals surface area (Å²) in [4.78, 5) is 12.8. The van der Waals surface area contributed by atoms with Gasteiger partial charge in [-0.2, -0.15) is 16.9 Å². The Kier molecular flexibility index (Phi) is 3.81. The molecule has 2 atom stereocenters. The first-order valence-corrected chi connectivity index (χ1v) is 10.2. The molecule has 136 valence electrons. The number of benzene rings is 1. The van der Waals surface area contributed by atoms with Gasteiger partial charge in [-0.1, -0.05) is 0 Å². The summed E-state index contributed by atoms with van der Waals surface area (Å²) >= 11 is 1.91. The fourth-order valence-electron chi connectivity index (χ4n) is 4.23. The SMILES string of the molecule is O=C(NC1CCSCC1)c1nn(-c2ccc(F)cc2F)c2c1C[C@H]1C[C@@H]21. The fraction of sp³-hybridized carbons (Fsp3) is 0.474. The highest BCUT2D eigenvalue weighted by atomic mass is 32.2. The van der Waals surface area contributed by atoms with Crippen LogP contribution in [0.1, 0.15) is 46.9 Å². The Bertz CT molecular complexity index is 891. The first kappa shape index (κ1) is 16.3. The third kappa shape index (κ3) is 2.64. The van der Waals surface area contributed by atoms with Gasteiger partial charge in [-0.05, 0) is 55.2 Å². The minimum absolute atomic E-state index is 0.166. The van der Waals surface area contributed by atoms with Crippen LogP contribution >= 0.6 is 11.8 Å². The molecule has 4 nitrogen and oxygen atoms in total. The van der Waals surface area contributed by atoms with E-state index in [-0.39, 0.29) is 17.6 Å². The van der Waals surface area contributed by atoms with Crippen LogP contribution in [0.25, 0.3) is 5.69 Å².